The molecule has 0 aliphatic rings. The van der Waals surface area contributed by atoms with Crippen LogP contribution in [0.5, 0.6) is 0 Å². The molecule has 0 amide bonds. The zero-order valence-corrected chi connectivity index (χ0v) is 23.1. The molecule has 0 bridgehead atoms. The van der Waals surface area contributed by atoms with Gasteiger partial charge in [-0.3, -0.25) is 4.98 Å². The Balaban J connectivity index is 1.25. The van der Waals surface area contributed by atoms with Gasteiger partial charge in [0.05, 0.1) is 16.6 Å². The van der Waals surface area contributed by atoms with E-state index >= 15 is 0 Å². The molecule has 9 rings (SSSR count). The lowest BCUT2D eigenvalue weighted by Gasteiger charge is -2.11. The molecule has 0 fully saturated rings. The number of pyridine rings is 1. The van der Waals surface area contributed by atoms with Crippen molar-refractivity contribution in [1.29, 1.82) is 0 Å². The van der Waals surface area contributed by atoms with E-state index in [1.807, 2.05) is 30.3 Å². The molecule has 3 heterocycles. The Labute approximate surface area is 247 Å². The number of hydrogen-bond acceptors (Lipinski definition) is 3. The first kappa shape index (κ1) is 23.8. The first-order chi connectivity index (χ1) is 21.3. The van der Waals surface area contributed by atoms with E-state index in [0.717, 1.165) is 33.5 Å². The third kappa shape index (κ3) is 3.81. The third-order valence-corrected chi connectivity index (χ3v) is 8.39. The van der Waals surface area contributed by atoms with E-state index in [0.29, 0.717) is 5.82 Å². The fourth-order valence-electron chi connectivity index (χ4n) is 6.32. The van der Waals surface area contributed by atoms with E-state index < -0.39 is 0 Å². The van der Waals surface area contributed by atoms with Crippen LogP contribution in [0, 0.1) is 0 Å². The van der Waals surface area contributed by atoms with Gasteiger partial charge >= 0.3 is 0 Å². The summed E-state index contributed by atoms with van der Waals surface area (Å²) >= 11 is 0. The van der Waals surface area contributed by atoms with Crippen molar-refractivity contribution in [2.75, 3.05) is 0 Å². The Morgan fingerprint density at radius 1 is 0.465 bits per heavy atom. The van der Waals surface area contributed by atoms with Gasteiger partial charge in [-0.2, -0.15) is 0 Å². The summed E-state index contributed by atoms with van der Waals surface area (Å²) in [4.78, 5) is 14.5. The van der Waals surface area contributed by atoms with Crippen molar-refractivity contribution < 1.29 is 0 Å². The fourth-order valence-corrected chi connectivity index (χ4v) is 6.32. The highest BCUT2D eigenvalue weighted by atomic mass is 15.0. The lowest BCUT2D eigenvalue weighted by atomic mass is 10.0. The average molecular weight is 549 g/mol. The predicted molar refractivity (Wildman–Crippen MR) is 178 cm³/mol. The molecule has 43 heavy (non-hydrogen) atoms. The zero-order valence-electron chi connectivity index (χ0n) is 23.1. The van der Waals surface area contributed by atoms with Gasteiger partial charge in [0.15, 0.2) is 5.82 Å². The molecule has 4 heteroatoms. The molecule has 0 aliphatic carbocycles. The number of fused-ring (bicyclic) bond motifs is 6. The molecule has 4 nitrogen and oxygen atoms in total. The van der Waals surface area contributed by atoms with E-state index in [2.05, 4.69) is 119 Å². The van der Waals surface area contributed by atoms with Gasteiger partial charge in [0, 0.05) is 33.8 Å². The highest BCUT2D eigenvalue weighted by Crippen LogP contribution is 2.37. The van der Waals surface area contributed by atoms with Crippen LogP contribution < -0.4 is 0 Å². The van der Waals surface area contributed by atoms with Crippen LogP contribution in [0.3, 0.4) is 0 Å². The van der Waals surface area contributed by atoms with Gasteiger partial charge in [0.2, 0.25) is 0 Å². The first-order valence-electron chi connectivity index (χ1n) is 14.4. The fraction of sp³-hybridized carbons (Fsp3) is 0. The summed E-state index contributed by atoms with van der Waals surface area (Å²) in [5.41, 5.74) is 7.94. The molecule has 9 aromatic rings. The molecule has 0 saturated heterocycles. The molecule has 0 saturated carbocycles. The summed E-state index contributed by atoms with van der Waals surface area (Å²) in [5, 5.41) is 7.45. The van der Waals surface area contributed by atoms with Crippen molar-refractivity contribution in [2.24, 2.45) is 0 Å². The van der Waals surface area contributed by atoms with Gasteiger partial charge in [-0.05, 0) is 82.2 Å². The van der Waals surface area contributed by atoms with Crippen molar-refractivity contribution in [3.8, 4) is 28.3 Å². The lowest BCUT2D eigenvalue weighted by molar-refractivity contribution is 1.17. The Kier molecular flexibility index (Phi) is 5.16. The Bertz CT molecular complexity index is 2400. The molecule has 6 aromatic carbocycles. The third-order valence-electron chi connectivity index (χ3n) is 8.39. The SMILES string of the molecule is c1ccc(-c2nc(-c3ccc(-n4c5cc6ccccc6cc5c5cc6ccccc6cc54)cc3)nc3cccnc23)cc1. The van der Waals surface area contributed by atoms with E-state index in [1.54, 1.807) is 6.20 Å². The lowest BCUT2D eigenvalue weighted by Crippen LogP contribution is -1.98. The topological polar surface area (TPSA) is 43.6 Å². The molecule has 0 atom stereocenters. The largest absolute Gasteiger partial charge is 0.309 e. The van der Waals surface area contributed by atoms with Crippen molar-refractivity contribution >= 4 is 54.4 Å². The summed E-state index contributed by atoms with van der Waals surface area (Å²) in [6.45, 7) is 0. The van der Waals surface area contributed by atoms with E-state index in [4.69, 9.17) is 9.97 Å². The average Bonchev–Trinajstić information content (AvgIpc) is 3.38. The minimum absolute atomic E-state index is 0.685. The van der Waals surface area contributed by atoms with Crippen molar-refractivity contribution in [2.45, 2.75) is 0 Å². The summed E-state index contributed by atoms with van der Waals surface area (Å²) in [6, 6.07) is 49.2. The number of aromatic nitrogens is 4. The minimum Gasteiger partial charge on any atom is -0.309 e. The van der Waals surface area contributed by atoms with Crippen LogP contribution in [0.1, 0.15) is 0 Å². The summed E-state index contributed by atoms with van der Waals surface area (Å²) in [6.07, 6.45) is 1.80. The molecule has 0 unspecified atom stereocenters. The molecule has 0 radical (unpaired) electrons. The maximum Gasteiger partial charge on any atom is 0.160 e. The first-order valence-corrected chi connectivity index (χ1v) is 14.4. The molecule has 3 aromatic heterocycles. The van der Waals surface area contributed by atoms with Crippen LogP contribution in [0.2, 0.25) is 0 Å². The highest BCUT2D eigenvalue weighted by molar-refractivity contribution is 6.16. The second-order valence-corrected chi connectivity index (χ2v) is 10.9. The van der Waals surface area contributed by atoms with E-state index in [-0.39, 0.29) is 0 Å². The van der Waals surface area contributed by atoms with Gasteiger partial charge < -0.3 is 4.57 Å². The molecule has 0 aliphatic heterocycles. The Hall–Kier alpha value is -5.87. The second-order valence-electron chi connectivity index (χ2n) is 10.9. The van der Waals surface area contributed by atoms with Crippen LogP contribution in [-0.2, 0) is 0 Å². The van der Waals surface area contributed by atoms with Crippen molar-refractivity contribution in [1.82, 2.24) is 19.5 Å². The summed E-state index contributed by atoms with van der Waals surface area (Å²) in [5.74, 6) is 0.685. The summed E-state index contributed by atoms with van der Waals surface area (Å²) < 4.78 is 2.38. The second kappa shape index (κ2) is 9.33. The van der Waals surface area contributed by atoms with Crippen LogP contribution in [0.4, 0.5) is 0 Å². The van der Waals surface area contributed by atoms with Gasteiger partial charge in [-0.1, -0.05) is 78.9 Å². The summed E-state index contributed by atoms with van der Waals surface area (Å²) in [7, 11) is 0. The van der Waals surface area contributed by atoms with Crippen LogP contribution >= 0.6 is 0 Å². The van der Waals surface area contributed by atoms with Crippen molar-refractivity contribution in [3.05, 3.63) is 146 Å². The monoisotopic (exact) mass is 548 g/mol. The maximum atomic E-state index is 5.02. The van der Waals surface area contributed by atoms with E-state index in [9.17, 15) is 0 Å². The highest BCUT2D eigenvalue weighted by Gasteiger charge is 2.16. The number of rotatable bonds is 3. The normalized spacial score (nSPS) is 11.7. The van der Waals surface area contributed by atoms with Crippen molar-refractivity contribution in [3.63, 3.8) is 0 Å². The van der Waals surface area contributed by atoms with Crippen LogP contribution in [-0.4, -0.2) is 19.5 Å². The van der Waals surface area contributed by atoms with Gasteiger partial charge in [0.25, 0.3) is 0 Å². The molecule has 0 N–H and O–H groups in total. The number of nitrogens with zero attached hydrogens (tertiary/aromatic N) is 4. The molecule has 200 valence electrons. The Morgan fingerprint density at radius 2 is 1.05 bits per heavy atom. The molecule has 0 spiro atoms. The zero-order chi connectivity index (χ0) is 28.3. The van der Waals surface area contributed by atoms with Crippen LogP contribution in [0.15, 0.2) is 146 Å². The smallest absolute Gasteiger partial charge is 0.160 e. The minimum atomic E-state index is 0.685. The van der Waals surface area contributed by atoms with Gasteiger partial charge in [-0.25, -0.2) is 9.97 Å². The quantitative estimate of drug-likeness (QED) is 0.221. The van der Waals surface area contributed by atoms with Gasteiger partial charge in [0.1, 0.15) is 11.2 Å². The number of benzene rings is 6. The van der Waals surface area contributed by atoms with Crippen LogP contribution in [0.25, 0.3) is 82.7 Å². The Morgan fingerprint density at radius 3 is 1.67 bits per heavy atom. The molecular weight excluding hydrogens is 524 g/mol. The standard InChI is InChI=1S/C39H24N4/c1-2-9-25(10-3-1)37-38-34(15-8-20-40-38)41-39(42-37)26-16-18-31(19-17-26)43-35-23-29-13-6-4-11-27(29)21-32(35)33-22-28-12-5-7-14-30(28)24-36(33)43/h1-24H. The molecular formula is C39H24N4. The number of hydrogen-bond donors (Lipinski definition) is 0. The predicted octanol–water partition coefficient (Wildman–Crippen LogP) is 9.76. The van der Waals surface area contributed by atoms with Gasteiger partial charge in [-0.15, -0.1) is 0 Å². The van der Waals surface area contributed by atoms with E-state index in [1.165, 1.54) is 43.4 Å². The maximum absolute atomic E-state index is 5.02.